The van der Waals surface area contributed by atoms with Crippen LogP contribution in [0.25, 0.3) is 0 Å². The second-order valence-electron chi connectivity index (χ2n) is 4.76. The summed E-state index contributed by atoms with van der Waals surface area (Å²) in [5.41, 5.74) is 2.71. The van der Waals surface area contributed by atoms with E-state index in [1.807, 2.05) is 6.92 Å². The van der Waals surface area contributed by atoms with E-state index < -0.39 is 0 Å². The Bertz CT molecular complexity index is 235. The van der Waals surface area contributed by atoms with E-state index in [1.165, 1.54) is 0 Å². The molecule has 0 aliphatic carbocycles. The minimum Gasteiger partial charge on any atom is -0.382 e. The summed E-state index contributed by atoms with van der Waals surface area (Å²) in [6.07, 6.45) is 0.942. The lowest BCUT2D eigenvalue weighted by molar-refractivity contribution is 0.146. The molecular formula is C12H26N4O. The first-order valence-corrected chi connectivity index (χ1v) is 6.52. The van der Waals surface area contributed by atoms with E-state index >= 15 is 0 Å². The Balaban J connectivity index is 2.34. The third-order valence-corrected chi connectivity index (χ3v) is 3.33. The Morgan fingerprint density at radius 2 is 2.06 bits per heavy atom. The number of likely N-dealkylation sites (tertiary alicyclic amines) is 1. The summed E-state index contributed by atoms with van der Waals surface area (Å²) in [6, 6.07) is 0. The number of nitrogens with zero attached hydrogens (tertiary/aromatic N) is 2. The quantitative estimate of drug-likeness (QED) is 0.246. The van der Waals surface area contributed by atoms with Crippen LogP contribution in [0, 0.1) is 11.8 Å². The second-order valence-corrected chi connectivity index (χ2v) is 4.76. The first-order valence-electron chi connectivity index (χ1n) is 6.52. The highest BCUT2D eigenvalue weighted by Gasteiger charge is 2.27. The molecule has 0 saturated carbocycles. The van der Waals surface area contributed by atoms with Crippen LogP contribution in [0.2, 0.25) is 0 Å². The van der Waals surface area contributed by atoms with Crippen LogP contribution in [0.3, 0.4) is 0 Å². The molecule has 17 heavy (non-hydrogen) atoms. The Kier molecular flexibility index (Phi) is 6.29. The first kappa shape index (κ1) is 14.3. The molecule has 0 aromatic carbocycles. The molecule has 1 rings (SSSR count). The highest BCUT2D eigenvalue weighted by Crippen LogP contribution is 2.21. The van der Waals surface area contributed by atoms with Crippen molar-refractivity contribution in [2.24, 2.45) is 22.7 Å². The van der Waals surface area contributed by atoms with Crippen LogP contribution in [-0.4, -0.2) is 43.7 Å². The van der Waals surface area contributed by atoms with Gasteiger partial charge >= 0.3 is 0 Å². The minimum atomic E-state index is 0.706. The summed E-state index contributed by atoms with van der Waals surface area (Å²) < 4.78 is 5.27. The molecule has 0 spiro atoms. The topological polar surface area (TPSA) is 62.9 Å². The molecule has 0 bridgehead atoms. The molecule has 5 heteroatoms. The number of nitrogens with two attached hydrogens (primary N) is 1. The molecular weight excluding hydrogens is 216 g/mol. The number of nitrogens with one attached hydrogen (secondary N) is 1. The fourth-order valence-corrected chi connectivity index (χ4v) is 2.04. The SMILES string of the molecule is CCOCCCN=C(NN)N1CC(C)C(C)C1. The molecule has 0 radical (unpaired) electrons. The van der Waals surface area contributed by atoms with Crippen LogP contribution in [0.5, 0.6) is 0 Å². The van der Waals surface area contributed by atoms with E-state index in [2.05, 4.69) is 29.2 Å². The molecule has 1 aliphatic rings. The van der Waals surface area contributed by atoms with Crippen LogP contribution in [0.15, 0.2) is 4.99 Å². The van der Waals surface area contributed by atoms with Gasteiger partial charge in [0, 0.05) is 32.8 Å². The van der Waals surface area contributed by atoms with E-state index in [0.29, 0.717) is 11.8 Å². The van der Waals surface area contributed by atoms with Crippen molar-refractivity contribution in [1.29, 1.82) is 0 Å². The normalized spacial score (nSPS) is 25.4. The Labute approximate surface area is 104 Å². The number of hydrogen-bond acceptors (Lipinski definition) is 3. The second kappa shape index (κ2) is 7.50. The van der Waals surface area contributed by atoms with Gasteiger partial charge in [-0.2, -0.15) is 0 Å². The number of aliphatic imine (C=N–C) groups is 1. The number of rotatable bonds is 5. The molecule has 1 heterocycles. The first-order chi connectivity index (χ1) is 8.19. The van der Waals surface area contributed by atoms with Crippen molar-refractivity contribution < 1.29 is 4.74 Å². The van der Waals surface area contributed by atoms with Gasteiger partial charge in [-0.1, -0.05) is 13.8 Å². The number of guanidine groups is 1. The maximum Gasteiger partial charge on any atom is 0.208 e. The number of ether oxygens (including phenoxy) is 1. The third kappa shape index (κ3) is 4.52. The zero-order chi connectivity index (χ0) is 12.7. The molecule has 0 aromatic rings. The summed E-state index contributed by atoms with van der Waals surface area (Å²) in [5, 5.41) is 0. The maximum absolute atomic E-state index is 5.53. The van der Waals surface area contributed by atoms with Crippen LogP contribution < -0.4 is 11.3 Å². The molecule has 0 amide bonds. The van der Waals surface area contributed by atoms with Crippen molar-refractivity contribution in [3.63, 3.8) is 0 Å². The van der Waals surface area contributed by atoms with Crippen molar-refractivity contribution in [3.05, 3.63) is 0 Å². The summed E-state index contributed by atoms with van der Waals surface area (Å²) in [7, 11) is 0. The molecule has 100 valence electrons. The van der Waals surface area contributed by atoms with Gasteiger partial charge < -0.3 is 9.64 Å². The van der Waals surface area contributed by atoms with Gasteiger partial charge in [-0.25, -0.2) is 5.84 Å². The molecule has 1 saturated heterocycles. The fraction of sp³-hybridized carbons (Fsp3) is 0.917. The predicted octanol–water partition coefficient (Wildman–Crippen LogP) is 0.820. The van der Waals surface area contributed by atoms with Gasteiger partial charge in [0.1, 0.15) is 0 Å². The van der Waals surface area contributed by atoms with Gasteiger partial charge in [0.15, 0.2) is 0 Å². The molecule has 5 nitrogen and oxygen atoms in total. The van der Waals surface area contributed by atoms with E-state index in [-0.39, 0.29) is 0 Å². The van der Waals surface area contributed by atoms with Gasteiger partial charge in [0.25, 0.3) is 0 Å². The van der Waals surface area contributed by atoms with Gasteiger partial charge in [-0.3, -0.25) is 10.4 Å². The van der Waals surface area contributed by atoms with Gasteiger partial charge in [-0.15, -0.1) is 0 Å². The third-order valence-electron chi connectivity index (χ3n) is 3.33. The van der Waals surface area contributed by atoms with Crippen LogP contribution in [0.4, 0.5) is 0 Å². The zero-order valence-electron chi connectivity index (χ0n) is 11.3. The van der Waals surface area contributed by atoms with E-state index in [9.17, 15) is 0 Å². The maximum atomic E-state index is 5.53. The molecule has 3 N–H and O–H groups in total. The lowest BCUT2D eigenvalue weighted by atomic mass is 10.0. The van der Waals surface area contributed by atoms with E-state index in [4.69, 9.17) is 10.6 Å². The summed E-state index contributed by atoms with van der Waals surface area (Å²) >= 11 is 0. The van der Waals surface area contributed by atoms with Gasteiger partial charge in [0.05, 0.1) is 0 Å². The van der Waals surface area contributed by atoms with E-state index in [0.717, 1.165) is 45.2 Å². The minimum absolute atomic E-state index is 0.706. The summed E-state index contributed by atoms with van der Waals surface area (Å²) in [5.74, 6) is 7.76. The van der Waals surface area contributed by atoms with Crippen molar-refractivity contribution in [1.82, 2.24) is 10.3 Å². The van der Waals surface area contributed by atoms with E-state index in [1.54, 1.807) is 0 Å². The van der Waals surface area contributed by atoms with Gasteiger partial charge in [-0.05, 0) is 25.2 Å². The lowest BCUT2D eigenvalue weighted by Gasteiger charge is -2.19. The average molecular weight is 242 g/mol. The van der Waals surface area contributed by atoms with Gasteiger partial charge in [0.2, 0.25) is 5.96 Å². The summed E-state index contributed by atoms with van der Waals surface area (Å²) in [4.78, 5) is 6.72. The monoisotopic (exact) mass is 242 g/mol. The van der Waals surface area contributed by atoms with Crippen molar-refractivity contribution in [2.45, 2.75) is 27.2 Å². The van der Waals surface area contributed by atoms with Crippen molar-refractivity contribution in [3.8, 4) is 0 Å². The van der Waals surface area contributed by atoms with Crippen LogP contribution in [-0.2, 0) is 4.74 Å². The average Bonchev–Trinajstić information content (AvgIpc) is 2.64. The Hall–Kier alpha value is -0.810. The van der Waals surface area contributed by atoms with Crippen LogP contribution in [0.1, 0.15) is 27.2 Å². The Morgan fingerprint density at radius 3 is 2.59 bits per heavy atom. The molecule has 2 atom stereocenters. The van der Waals surface area contributed by atoms with Crippen LogP contribution >= 0.6 is 0 Å². The highest BCUT2D eigenvalue weighted by atomic mass is 16.5. The largest absolute Gasteiger partial charge is 0.382 e. The Morgan fingerprint density at radius 1 is 1.41 bits per heavy atom. The molecule has 1 fully saturated rings. The molecule has 2 unspecified atom stereocenters. The predicted molar refractivity (Wildman–Crippen MR) is 70.6 cm³/mol. The zero-order valence-corrected chi connectivity index (χ0v) is 11.3. The standard InChI is InChI=1S/C12H26N4O/c1-4-17-7-5-6-14-12(15-13)16-8-10(2)11(3)9-16/h10-11H,4-9,13H2,1-3H3,(H,14,15). The molecule has 0 aromatic heterocycles. The summed E-state index contributed by atoms with van der Waals surface area (Å²) in [6.45, 7) is 10.9. The fourth-order valence-electron chi connectivity index (χ4n) is 2.04. The molecule has 1 aliphatic heterocycles. The van der Waals surface area contributed by atoms with Crippen molar-refractivity contribution in [2.75, 3.05) is 32.8 Å². The lowest BCUT2D eigenvalue weighted by Crippen LogP contribution is -2.44. The van der Waals surface area contributed by atoms with Crippen molar-refractivity contribution >= 4 is 5.96 Å². The highest BCUT2D eigenvalue weighted by molar-refractivity contribution is 5.79. The number of hydrazine groups is 1. The number of hydrogen-bond donors (Lipinski definition) is 2. The smallest absolute Gasteiger partial charge is 0.208 e.